The van der Waals surface area contributed by atoms with Crippen molar-refractivity contribution in [1.82, 2.24) is 14.5 Å². The van der Waals surface area contributed by atoms with Crippen molar-refractivity contribution < 1.29 is 5.11 Å². The van der Waals surface area contributed by atoms with Crippen LogP contribution in [-0.4, -0.2) is 19.6 Å². The van der Waals surface area contributed by atoms with Gasteiger partial charge in [0.1, 0.15) is 11.6 Å². The number of pyridine rings is 1. The SMILES string of the molecule is Cc1cc(-c2cc(C)cc3c(C(C)(C)C)ccnc23)cc(-c2cccc3c2nc(-c2cc(C(C)(C)C)ccc2O)n3-c2ccccc2)c1. The van der Waals surface area contributed by atoms with Gasteiger partial charge in [0.25, 0.3) is 0 Å². The average Bonchev–Trinajstić information content (AvgIpc) is 3.43. The molecule has 7 rings (SSSR count). The maximum absolute atomic E-state index is 11.3. The second-order valence-electron chi connectivity index (χ2n) is 15.2. The number of para-hydroxylation sites is 2. The molecule has 0 aliphatic rings. The Morgan fingerprint density at radius 2 is 1.31 bits per heavy atom. The number of hydrogen-bond acceptors (Lipinski definition) is 3. The number of hydrogen-bond donors (Lipinski definition) is 1. The molecule has 2 heterocycles. The van der Waals surface area contributed by atoms with Gasteiger partial charge < -0.3 is 5.11 Å². The highest BCUT2D eigenvalue weighted by atomic mass is 16.3. The van der Waals surface area contributed by atoms with E-state index in [2.05, 4.69) is 133 Å². The summed E-state index contributed by atoms with van der Waals surface area (Å²) in [5.74, 6) is 0.923. The highest BCUT2D eigenvalue weighted by molar-refractivity contribution is 6.00. The first-order chi connectivity index (χ1) is 22.8. The molecule has 0 fully saturated rings. The van der Waals surface area contributed by atoms with Gasteiger partial charge >= 0.3 is 0 Å². The van der Waals surface area contributed by atoms with E-state index in [4.69, 9.17) is 9.97 Å². The summed E-state index contributed by atoms with van der Waals surface area (Å²) >= 11 is 0. The molecular weight excluding hydrogens is 587 g/mol. The molecule has 0 atom stereocenters. The van der Waals surface area contributed by atoms with Crippen molar-refractivity contribution >= 4 is 21.9 Å². The zero-order valence-corrected chi connectivity index (χ0v) is 29.2. The number of phenols is 1. The molecule has 7 aromatic rings. The van der Waals surface area contributed by atoms with Crippen LogP contribution in [0, 0.1) is 13.8 Å². The lowest BCUT2D eigenvalue weighted by molar-refractivity contribution is 0.475. The number of benzene rings is 5. The smallest absolute Gasteiger partial charge is 0.149 e. The van der Waals surface area contributed by atoms with E-state index in [-0.39, 0.29) is 16.6 Å². The van der Waals surface area contributed by atoms with Crippen LogP contribution >= 0.6 is 0 Å². The summed E-state index contributed by atoms with van der Waals surface area (Å²) in [6.07, 6.45) is 1.95. The average molecular weight is 630 g/mol. The van der Waals surface area contributed by atoms with Gasteiger partial charge in [-0.05, 0) is 113 Å². The van der Waals surface area contributed by atoms with Crippen molar-refractivity contribution in [2.45, 2.75) is 66.2 Å². The zero-order chi connectivity index (χ0) is 34.0. The number of phenolic OH excluding ortho intramolecular Hbond substituents is 1. The Labute approximate surface area is 283 Å². The molecular formula is C44H43N3O. The molecule has 4 heteroatoms. The van der Waals surface area contributed by atoms with Crippen LogP contribution in [0.15, 0.2) is 109 Å². The van der Waals surface area contributed by atoms with Gasteiger partial charge in [0, 0.05) is 28.4 Å². The Kier molecular flexibility index (Phi) is 7.51. The Hall–Kier alpha value is -5.22. The fourth-order valence-corrected chi connectivity index (χ4v) is 6.90. The minimum absolute atomic E-state index is 0.00418. The Balaban J connectivity index is 1.48. The fourth-order valence-electron chi connectivity index (χ4n) is 6.90. The third kappa shape index (κ3) is 5.56. The van der Waals surface area contributed by atoms with Gasteiger partial charge in [0.2, 0.25) is 0 Å². The summed E-state index contributed by atoms with van der Waals surface area (Å²) in [6, 6.07) is 36.0. The number of aromatic hydroxyl groups is 1. The van der Waals surface area contributed by atoms with Gasteiger partial charge in [-0.2, -0.15) is 0 Å². The zero-order valence-electron chi connectivity index (χ0n) is 29.2. The molecule has 240 valence electrons. The number of aromatic nitrogens is 3. The summed E-state index contributed by atoms with van der Waals surface area (Å²) in [6.45, 7) is 17.7. The molecule has 5 aromatic carbocycles. The summed E-state index contributed by atoms with van der Waals surface area (Å²) in [5, 5.41) is 12.5. The lowest BCUT2D eigenvalue weighted by Gasteiger charge is -2.22. The number of nitrogens with zero attached hydrogens (tertiary/aromatic N) is 3. The van der Waals surface area contributed by atoms with E-state index in [0.29, 0.717) is 11.4 Å². The Morgan fingerprint density at radius 3 is 2.02 bits per heavy atom. The van der Waals surface area contributed by atoms with Crippen LogP contribution < -0.4 is 0 Å². The van der Waals surface area contributed by atoms with Crippen LogP contribution in [0.3, 0.4) is 0 Å². The summed E-state index contributed by atoms with van der Waals surface area (Å²) in [4.78, 5) is 10.3. The summed E-state index contributed by atoms with van der Waals surface area (Å²) < 4.78 is 2.17. The van der Waals surface area contributed by atoms with Gasteiger partial charge in [-0.25, -0.2) is 4.98 Å². The molecule has 0 bridgehead atoms. The fraction of sp³-hybridized carbons (Fsp3) is 0.227. The molecule has 0 radical (unpaired) electrons. The van der Waals surface area contributed by atoms with Crippen LogP contribution in [0.5, 0.6) is 5.75 Å². The monoisotopic (exact) mass is 629 g/mol. The molecule has 0 saturated carbocycles. The quantitative estimate of drug-likeness (QED) is 0.211. The number of rotatable bonds is 4. The van der Waals surface area contributed by atoms with E-state index >= 15 is 0 Å². The summed E-state index contributed by atoms with van der Waals surface area (Å²) in [7, 11) is 0. The van der Waals surface area contributed by atoms with Crippen molar-refractivity contribution in [3.8, 4) is 45.1 Å². The van der Waals surface area contributed by atoms with E-state index in [9.17, 15) is 5.11 Å². The van der Waals surface area contributed by atoms with Crippen LogP contribution in [0.4, 0.5) is 0 Å². The van der Waals surface area contributed by atoms with E-state index < -0.39 is 0 Å². The Morgan fingerprint density at radius 1 is 0.604 bits per heavy atom. The first kappa shape index (κ1) is 31.4. The highest BCUT2D eigenvalue weighted by Crippen LogP contribution is 2.41. The minimum Gasteiger partial charge on any atom is -0.507 e. The van der Waals surface area contributed by atoms with Crippen molar-refractivity contribution in [3.63, 3.8) is 0 Å². The lowest BCUT2D eigenvalue weighted by Crippen LogP contribution is -2.12. The van der Waals surface area contributed by atoms with E-state index in [1.165, 1.54) is 22.1 Å². The lowest BCUT2D eigenvalue weighted by atomic mass is 9.83. The number of fused-ring (bicyclic) bond motifs is 2. The molecule has 0 amide bonds. The van der Waals surface area contributed by atoms with E-state index in [0.717, 1.165) is 50.1 Å². The molecule has 0 unspecified atom stereocenters. The number of aryl methyl sites for hydroxylation is 2. The maximum Gasteiger partial charge on any atom is 0.149 e. The van der Waals surface area contributed by atoms with Gasteiger partial charge in [0.05, 0.1) is 22.1 Å². The molecule has 0 aliphatic heterocycles. The minimum atomic E-state index is -0.0857. The predicted octanol–water partition coefficient (Wildman–Crippen LogP) is 11.5. The first-order valence-electron chi connectivity index (χ1n) is 16.7. The van der Waals surface area contributed by atoms with Gasteiger partial charge in [0.15, 0.2) is 0 Å². The van der Waals surface area contributed by atoms with Crippen LogP contribution in [0.2, 0.25) is 0 Å². The highest BCUT2D eigenvalue weighted by Gasteiger charge is 2.23. The second kappa shape index (κ2) is 11.5. The van der Waals surface area contributed by atoms with E-state index in [1.807, 2.05) is 30.5 Å². The summed E-state index contributed by atoms with van der Waals surface area (Å²) in [5.41, 5.74) is 13.7. The van der Waals surface area contributed by atoms with Gasteiger partial charge in [-0.1, -0.05) is 90.1 Å². The molecule has 4 nitrogen and oxygen atoms in total. The van der Waals surface area contributed by atoms with Crippen molar-refractivity contribution in [1.29, 1.82) is 0 Å². The Bertz CT molecular complexity index is 2330. The first-order valence-corrected chi connectivity index (χ1v) is 16.7. The number of imidazole rings is 1. The second-order valence-corrected chi connectivity index (χ2v) is 15.2. The van der Waals surface area contributed by atoms with Crippen LogP contribution in [0.25, 0.3) is 61.3 Å². The van der Waals surface area contributed by atoms with E-state index in [1.54, 1.807) is 6.07 Å². The molecule has 0 spiro atoms. The predicted molar refractivity (Wildman–Crippen MR) is 201 cm³/mol. The molecule has 1 N–H and O–H groups in total. The van der Waals surface area contributed by atoms with Gasteiger partial charge in [-0.15, -0.1) is 0 Å². The molecule has 48 heavy (non-hydrogen) atoms. The standard InChI is InChI=1S/C44H43N3O/c1-27-21-29(25-30(22-27)34-23-28(2)24-35-37(44(6,7)8)19-20-45-40(34)35)33-15-12-16-38-41(33)46-42(47(38)32-13-10-9-11-14-32)36-26-31(43(3,4)5)17-18-39(36)48/h9-26,48H,1-8H3. The largest absolute Gasteiger partial charge is 0.507 e. The van der Waals surface area contributed by atoms with Crippen LogP contribution in [-0.2, 0) is 10.8 Å². The van der Waals surface area contributed by atoms with Crippen LogP contribution in [0.1, 0.15) is 63.8 Å². The molecule has 2 aromatic heterocycles. The van der Waals surface area contributed by atoms with Gasteiger partial charge in [-0.3, -0.25) is 9.55 Å². The molecule has 0 saturated heterocycles. The normalized spacial score (nSPS) is 12.2. The maximum atomic E-state index is 11.3. The topological polar surface area (TPSA) is 50.9 Å². The molecule has 0 aliphatic carbocycles. The van der Waals surface area contributed by atoms with Crippen molar-refractivity contribution in [2.75, 3.05) is 0 Å². The third-order valence-corrected chi connectivity index (χ3v) is 9.30. The van der Waals surface area contributed by atoms with Crippen molar-refractivity contribution in [2.24, 2.45) is 0 Å². The van der Waals surface area contributed by atoms with Crippen molar-refractivity contribution in [3.05, 3.63) is 132 Å². The third-order valence-electron chi connectivity index (χ3n) is 9.30.